The summed E-state index contributed by atoms with van der Waals surface area (Å²) in [4.78, 5) is 52.6. The lowest BCUT2D eigenvalue weighted by Crippen LogP contribution is -2.60. The van der Waals surface area contributed by atoms with Crippen molar-refractivity contribution < 1.29 is 33.7 Å². The highest BCUT2D eigenvalue weighted by atomic mass is 16.5. The fraction of sp³-hybridized carbons (Fsp3) is 0.537. The molecule has 3 unspecified atom stereocenters. The summed E-state index contributed by atoms with van der Waals surface area (Å²) in [5.74, 6) is -2.12. The number of rotatable bonds is 16. The van der Waals surface area contributed by atoms with Crippen LogP contribution < -0.4 is 9.64 Å². The minimum Gasteiger partial charge on any atom is -0.494 e. The van der Waals surface area contributed by atoms with Crippen molar-refractivity contribution >= 4 is 23.4 Å². The predicted molar refractivity (Wildman–Crippen MR) is 199 cm³/mol. The normalized spacial score (nSPS) is 28.7. The molecule has 280 valence electrons. The predicted octanol–water partition coefficient (Wildman–Crippen LogP) is 3.57. The molecule has 4 aliphatic heterocycles. The van der Waals surface area contributed by atoms with E-state index in [1.807, 2.05) is 75.4 Å². The van der Waals surface area contributed by atoms with Crippen molar-refractivity contribution in [3.63, 3.8) is 0 Å². The van der Waals surface area contributed by atoms with Gasteiger partial charge in [0.15, 0.2) is 0 Å². The molecule has 1 N–H and O–H groups in total. The second-order valence-corrected chi connectivity index (χ2v) is 14.7. The number of aliphatic hydroxyl groups is 1. The first-order chi connectivity index (χ1) is 25.1. The number of ether oxygens (including phenoxy) is 3. The van der Waals surface area contributed by atoms with Gasteiger partial charge in [0.05, 0.1) is 49.9 Å². The van der Waals surface area contributed by atoms with Crippen LogP contribution in [-0.4, -0.2) is 127 Å². The van der Waals surface area contributed by atoms with Crippen molar-refractivity contribution in [1.29, 1.82) is 0 Å². The summed E-state index contributed by atoms with van der Waals surface area (Å²) >= 11 is 0. The second-order valence-electron chi connectivity index (χ2n) is 14.7. The van der Waals surface area contributed by atoms with Gasteiger partial charge in [-0.25, -0.2) is 0 Å². The van der Waals surface area contributed by atoms with Crippen LogP contribution in [0.15, 0.2) is 79.9 Å². The molecule has 0 saturated carbocycles. The standard InChI is InChI=1S/C41H54N4O7/c1-6-18-43(21-20-42-22-24-50-25-23-42)39(49)36-41-27-29(4)40(5,52-41)34(37(47)44(19-7-2)31-14-16-33(17-15-31)51-8-3)35(41)38(48)45(36)32(28-46)26-30-12-10-9-11-13-30/h6-7,9-17,29,32,34-36,46H,1-2,8,18-28H2,3-5H3/t29?,32-,34-,35+,36?,40+,41?/m1/s1. The molecule has 52 heavy (non-hydrogen) atoms. The third-order valence-electron chi connectivity index (χ3n) is 11.7. The van der Waals surface area contributed by atoms with Gasteiger partial charge in [0.25, 0.3) is 0 Å². The van der Waals surface area contributed by atoms with Gasteiger partial charge < -0.3 is 34.0 Å². The average molecular weight is 715 g/mol. The molecule has 4 fully saturated rings. The summed E-state index contributed by atoms with van der Waals surface area (Å²) in [6, 6.07) is 15.2. The SMILES string of the molecule is C=CCN(CCN1CCOCC1)C(=O)C1N([C@@H](CO)Cc2ccccc2)C(=O)[C@@H]2[C@H](C(=O)N(CC=C)c3ccc(OCC)cc3)[C@@]3(C)OC12CC3C. The van der Waals surface area contributed by atoms with E-state index in [0.717, 1.165) is 18.7 Å². The van der Waals surface area contributed by atoms with Crippen molar-refractivity contribution in [2.45, 2.75) is 56.9 Å². The summed E-state index contributed by atoms with van der Waals surface area (Å²) in [6.45, 7) is 18.3. The Morgan fingerprint density at radius 1 is 1.06 bits per heavy atom. The minimum atomic E-state index is -1.27. The number of nitrogens with zero attached hydrogens (tertiary/aromatic N) is 4. The van der Waals surface area contributed by atoms with Crippen LogP contribution in [0.2, 0.25) is 0 Å². The van der Waals surface area contributed by atoms with E-state index >= 15 is 14.4 Å². The lowest BCUT2D eigenvalue weighted by Gasteiger charge is -2.40. The molecule has 2 aromatic carbocycles. The maximum atomic E-state index is 15.2. The molecular weight excluding hydrogens is 660 g/mol. The fourth-order valence-electron chi connectivity index (χ4n) is 9.08. The molecule has 0 radical (unpaired) electrons. The van der Waals surface area contributed by atoms with Crippen LogP contribution >= 0.6 is 0 Å². The quantitative estimate of drug-likeness (QED) is 0.263. The van der Waals surface area contributed by atoms with E-state index in [1.54, 1.807) is 26.9 Å². The molecule has 2 bridgehead atoms. The number of hydrogen-bond acceptors (Lipinski definition) is 8. The van der Waals surface area contributed by atoms with E-state index in [4.69, 9.17) is 14.2 Å². The molecule has 0 aliphatic carbocycles. The van der Waals surface area contributed by atoms with Gasteiger partial charge in [-0.05, 0) is 62.4 Å². The summed E-state index contributed by atoms with van der Waals surface area (Å²) in [5.41, 5.74) is -0.716. The molecule has 6 rings (SSSR count). The molecule has 0 aromatic heterocycles. The maximum absolute atomic E-state index is 15.2. The number of amides is 3. The zero-order valence-electron chi connectivity index (χ0n) is 30.8. The molecule has 4 aliphatic rings. The number of anilines is 1. The molecule has 3 amide bonds. The average Bonchev–Trinajstić information content (AvgIpc) is 3.68. The number of aliphatic hydroxyl groups excluding tert-OH is 1. The molecule has 4 saturated heterocycles. The molecule has 11 heteroatoms. The molecule has 7 atom stereocenters. The Morgan fingerprint density at radius 3 is 2.38 bits per heavy atom. The topological polar surface area (TPSA) is 112 Å². The van der Waals surface area contributed by atoms with Crippen LogP contribution in [0.4, 0.5) is 5.69 Å². The Kier molecular flexibility index (Phi) is 11.5. The van der Waals surface area contributed by atoms with Gasteiger partial charge in [0.2, 0.25) is 17.7 Å². The number of morpholine rings is 1. The Hall–Kier alpha value is -4.03. The minimum absolute atomic E-state index is 0.144. The van der Waals surface area contributed by atoms with E-state index < -0.39 is 35.1 Å². The van der Waals surface area contributed by atoms with Gasteiger partial charge in [-0.1, -0.05) is 49.4 Å². The first-order valence-corrected chi connectivity index (χ1v) is 18.7. The zero-order chi connectivity index (χ0) is 37.0. The number of carbonyl (C=O) groups excluding carboxylic acids is 3. The summed E-state index contributed by atoms with van der Waals surface area (Å²) in [7, 11) is 0. The number of fused-ring (bicyclic) bond motifs is 1. The van der Waals surface area contributed by atoms with Crippen LogP contribution in [0, 0.1) is 17.8 Å². The molecule has 4 heterocycles. The van der Waals surface area contributed by atoms with E-state index in [2.05, 4.69) is 18.1 Å². The highest BCUT2D eigenvalue weighted by molar-refractivity contribution is 6.03. The Bertz CT molecular complexity index is 1600. The van der Waals surface area contributed by atoms with Crippen LogP contribution in [-0.2, 0) is 30.3 Å². The third-order valence-corrected chi connectivity index (χ3v) is 11.7. The van der Waals surface area contributed by atoms with Gasteiger partial charge in [0.1, 0.15) is 17.4 Å². The summed E-state index contributed by atoms with van der Waals surface area (Å²) < 4.78 is 18.3. The smallest absolute Gasteiger partial charge is 0.248 e. The number of carbonyl (C=O) groups is 3. The van der Waals surface area contributed by atoms with Gasteiger partial charge >= 0.3 is 0 Å². The van der Waals surface area contributed by atoms with E-state index in [1.165, 1.54) is 0 Å². The zero-order valence-corrected chi connectivity index (χ0v) is 30.8. The van der Waals surface area contributed by atoms with E-state index in [0.29, 0.717) is 57.2 Å². The number of benzene rings is 2. The van der Waals surface area contributed by atoms with Crippen LogP contribution in [0.1, 0.15) is 32.8 Å². The molecular formula is C41H54N4O7. The third kappa shape index (κ3) is 6.79. The van der Waals surface area contributed by atoms with Crippen molar-refractivity contribution in [2.75, 3.05) is 70.6 Å². The Balaban J connectivity index is 1.41. The monoisotopic (exact) mass is 714 g/mol. The summed E-state index contributed by atoms with van der Waals surface area (Å²) in [6.07, 6.45) is 4.14. The van der Waals surface area contributed by atoms with Gasteiger partial charge in [-0.15, -0.1) is 13.2 Å². The Morgan fingerprint density at radius 2 is 1.75 bits per heavy atom. The van der Waals surface area contributed by atoms with E-state index in [9.17, 15) is 5.11 Å². The molecule has 11 nitrogen and oxygen atoms in total. The highest BCUT2D eigenvalue weighted by Gasteiger charge is 2.80. The van der Waals surface area contributed by atoms with Gasteiger partial charge in [0, 0.05) is 45.0 Å². The summed E-state index contributed by atoms with van der Waals surface area (Å²) in [5, 5.41) is 11.0. The van der Waals surface area contributed by atoms with Crippen molar-refractivity contribution in [3.8, 4) is 5.75 Å². The fourth-order valence-corrected chi connectivity index (χ4v) is 9.08. The lowest BCUT2D eigenvalue weighted by molar-refractivity contribution is -0.155. The first-order valence-electron chi connectivity index (χ1n) is 18.7. The maximum Gasteiger partial charge on any atom is 0.248 e. The number of likely N-dealkylation sites (tertiary alicyclic amines) is 1. The second kappa shape index (κ2) is 15.9. The Labute approximate surface area is 307 Å². The van der Waals surface area contributed by atoms with Crippen molar-refractivity contribution in [2.24, 2.45) is 17.8 Å². The van der Waals surface area contributed by atoms with Crippen LogP contribution in [0.3, 0.4) is 0 Å². The van der Waals surface area contributed by atoms with Crippen LogP contribution in [0.5, 0.6) is 5.75 Å². The molecule has 2 aromatic rings. The first kappa shape index (κ1) is 37.7. The highest BCUT2D eigenvalue weighted by Crippen LogP contribution is 2.66. The van der Waals surface area contributed by atoms with Crippen molar-refractivity contribution in [3.05, 3.63) is 85.5 Å². The lowest BCUT2D eigenvalue weighted by atomic mass is 9.62. The molecule has 1 spiro atoms. The number of hydrogen-bond donors (Lipinski definition) is 1. The van der Waals surface area contributed by atoms with E-state index in [-0.39, 0.29) is 43.3 Å². The van der Waals surface area contributed by atoms with Crippen molar-refractivity contribution in [1.82, 2.24) is 14.7 Å². The largest absolute Gasteiger partial charge is 0.494 e. The van der Waals surface area contributed by atoms with Gasteiger partial charge in [-0.2, -0.15) is 0 Å². The van der Waals surface area contributed by atoms with Gasteiger partial charge in [-0.3, -0.25) is 19.3 Å². The van der Waals surface area contributed by atoms with Crippen LogP contribution in [0.25, 0.3) is 0 Å².